The highest BCUT2D eigenvalue weighted by Gasteiger charge is 2.52. The largest absolute Gasteiger partial charge is 0.412 e. The van der Waals surface area contributed by atoms with Crippen molar-refractivity contribution in [1.29, 1.82) is 0 Å². The number of nitrogens with one attached hydrogen (secondary N) is 1. The molecule has 0 saturated carbocycles. The molecule has 2 saturated heterocycles. The number of unbranched alkanes of at least 4 members (excludes halogenated alkanes) is 1. The van der Waals surface area contributed by atoms with Gasteiger partial charge in [0, 0.05) is 44.3 Å². The van der Waals surface area contributed by atoms with E-state index in [9.17, 15) is 4.79 Å². The molecule has 4 rings (SSSR count). The third-order valence-corrected chi connectivity index (χ3v) is 6.79. The summed E-state index contributed by atoms with van der Waals surface area (Å²) in [6, 6.07) is 6.04. The molecular formula is C22H34N4O3. The average molecular weight is 403 g/mol. The number of fused-ring (bicyclic) bond motifs is 3. The SMILES string of the molecule is CN1CC[C@@]2(C)c3cc(OC(=O)NCCCCN4CCOCC4)ccc3N(C)[C@@H]12. The Kier molecular flexibility index (Phi) is 5.99. The van der Waals surface area contributed by atoms with Crippen LogP contribution in [0.15, 0.2) is 18.2 Å². The van der Waals surface area contributed by atoms with Crippen molar-refractivity contribution in [3.63, 3.8) is 0 Å². The molecule has 2 atom stereocenters. The zero-order chi connectivity index (χ0) is 20.4. The van der Waals surface area contributed by atoms with Crippen LogP contribution in [0.3, 0.4) is 0 Å². The van der Waals surface area contributed by atoms with E-state index in [1.807, 2.05) is 6.07 Å². The fourth-order valence-corrected chi connectivity index (χ4v) is 5.24. The molecule has 0 aromatic heterocycles. The number of benzene rings is 1. The van der Waals surface area contributed by atoms with E-state index in [1.165, 1.54) is 11.3 Å². The quantitative estimate of drug-likeness (QED) is 0.737. The number of anilines is 1. The van der Waals surface area contributed by atoms with Crippen molar-refractivity contribution >= 4 is 11.8 Å². The minimum Gasteiger partial charge on any atom is -0.410 e. The van der Waals surface area contributed by atoms with Gasteiger partial charge in [0.1, 0.15) is 5.75 Å². The van der Waals surface area contributed by atoms with Crippen LogP contribution in [0, 0.1) is 0 Å². The predicted molar refractivity (Wildman–Crippen MR) is 114 cm³/mol. The van der Waals surface area contributed by atoms with E-state index in [-0.39, 0.29) is 11.5 Å². The summed E-state index contributed by atoms with van der Waals surface area (Å²) in [4.78, 5) is 19.4. The zero-order valence-corrected chi connectivity index (χ0v) is 17.9. The highest BCUT2D eigenvalue weighted by molar-refractivity contribution is 5.72. The number of amides is 1. The summed E-state index contributed by atoms with van der Waals surface area (Å²) < 4.78 is 10.9. The molecule has 29 heavy (non-hydrogen) atoms. The van der Waals surface area contributed by atoms with Crippen LogP contribution in [-0.4, -0.2) is 82.1 Å². The van der Waals surface area contributed by atoms with E-state index in [4.69, 9.17) is 9.47 Å². The second-order valence-electron chi connectivity index (χ2n) is 8.79. The summed E-state index contributed by atoms with van der Waals surface area (Å²) in [5.74, 6) is 0.624. The molecule has 0 bridgehead atoms. The van der Waals surface area contributed by atoms with Crippen molar-refractivity contribution in [1.82, 2.24) is 15.1 Å². The van der Waals surface area contributed by atoms with Crippen molar-refractivity contribution in [2.24, 2.45) is 0 Å². The van der Waals surface area contributed by atoms with Crippen LogP contribution in [-0.2, 0) is 10.2 Å². The molecule has 1 aromatic carbocycles. The third-order valence-electron chi connectivity index (χ3n) is 6.79. The van der Waals surface area contributed by atoms with Crippen LogP contribution >= 0.6 is 0 Å². The summed E-state index contributed by atoms with van der Waals surface area (Å²) in [6.45, 7) is 8.79. The van der Waals surface area contributed by atoms with Gasteiger partial charge in [0.05, 0.1) is 19.4 Å². The molecule has 1 amide bonds. The number of carbonyl (C=O) groups excluding carboxylic acids is 1. The molecule has 160 valence electrons. The summed E-state index contributed by atoms with van der Waals surface area (Å²) in [6.07, 6.45) is 3.14. The van der Waals surface area contributed by atoms with Crippen LogP contribution in [0.1, 0.15) is 31.7 Å². The van der Waals surface area contributed by atoms with Gasteiger partial charge in [-0.25, -0.2) is 4.79 Å². The van der Waals surface area contributed by atoms with E-state index in [2.05, 4.69) is 53.2 Å². The van der Waals surface area contributed by atoms with Gasteiger partial charge in [0.15, 0.2) is 0 Å². The lowest BCUT2D eigenvalue weighted by Gasteiger charge is -2.32. The molecule has 0 unspecified atom stereocenters. The second-order valence-corrected chi connectivity index (χ2v) is 8.79. The number of likely N-dealkylation sites (tertiary alicyclic amines) is 1. The molecule has 1 N–H and O–H groups in total. The molecule has 2 fully saturated rings. The van der Waals surface area contributed by atoms with Crippen molar-refractivity contribution < 1.29 is 14.3 Å². The second kappa shape index (κ2) is 8.50. The molecule has 1 aromatic rings. The third kappa shape index (κ3) is 4.09. The molecular weight excluding hydrogens is 368 g/mol. The molecule has 3 aliphatic heterocycles. The summed E-state index contributed by atoms with van der Waals surface area (Å²) in [5.41, 5.74) is 2.60. The number of morpholine rings is 1. The smallest absolute Gasteiger partial charge is 0.410 e. The predicted octanol–water partition coefficient (Wildman–Crippen LogP) is 2.26. The summed E-state index contributed by atoms with van der Waals surface area (Å²) >= 11 is 0. The van der Waals surface area contributed by atoms with Crippen LogP contribution in [0.25, 0.3) is 0 Å². The molecule has 3 heterocycles. The Morgan fingerprint density at radius 1 is 1.24 bits per heavy atom. The van der Waals surface area contributed by atoms with Gasteiger partial charge in [0.2, 0.25) is 0 Å². The van der Waals surface area contributed by atoms with Gasteiger partial charge in [0.25, 0.3) is 0 Å². The van der Waals surface area contributed by atoms with Gasteiger partial charge in [-0.2, -0.15) is 0 Å². The Hall–Kier alpha value is -1.83. The topological polar surface area (TPSA) is 57.3 Å². The van der Waals surface area contributed by atoms with Crippen LogP contribution in [0.5, 0.6) is 5.75 Å². The van der Waals surface area contributed by atoms with Gasteiger partial charge < -0.3 is 19.7 Å². The number of carbonyl (C=O) groups is 1. The van der Waals surface area contributed by atoms with Gasteiger partial charge in [-0.15, -0.1) is 0 Å². The van der Waals surface area contributed by atoms with Crippen LogP contribution in [0.2, 0.25) is 0 Å². The normalized spacial score (nSPS) is 27.0. The molecule has 7 heteroatoms. The van der Waals surface area contributed by atoms with E-state index in [0.717, 1.165) is 58.7 Å². The van der Waals surface area contributed by atoms with Crippen LogP contribution < -0.4 is 15.0 Å². The molecule has 3 aliphatic rings. The number of hydrogen-bond acceptors (Lipinski definition) is 6. The standard InChI is InChI=1S/C22H34N4O3/c1-22-8-11-24(2)20(22)25(3)19-7-6-17(16-18(19)22)29-21(27)23-9-4-5-10-26-12-14-28-15-13-26/h6-7,16,20H,4-5,8-15H2,1-3H3,(H,23,27)/t20-,22+/m1/s1. The summed E-state index contributed by atoms with van der Waals surface area (Å²) in [5, 5.41) is 2.89. The molecule has 0 aliphatic carbocycles. The number of ether oxygens (including phenoxy) is 2. The monoisotopic (exact) mass is 402 g/mol. The van der Waals surface area contributed by atoms with E-state index >= 15 is 0 Å². The number of likely N-dealkylation sites (N-methyl/N-ethyl adjacent to an activating group) is 2. The van der Waals surface area contributed by atoms with Gasteiger partial charge >= 0.3 is 6.09 Å². The lowest BCUT2D eigenvalue weighted by molar-refractivity contribution is 0.0372. The van der Waals surface area contributed by atoms with E-state index in [0.29, 0.717) is 18.5 Å². The Morgan fingerprint density at radius 3 is 2.83 bits per heavy atom. The highest BCUT2D eigenvalue weighted by Crippen LogP contribution is 2.51. The first kappa shape index (κ1) is 20.4. The number of nitrogens with zero attached hydrogens (tertiary/aromatic N) is 3. The van der Waals surface area contributed by atoms with Crippen molar-refractivity contribution in [2.45, 2.75) is 37.8 Å². The highest BCUT2D eigenvalue weighted by atomic mass is 16.6. The first-order valence-electron chi connectivity index (χ1n) is 10.8. The zero-order valence-electron chi connectivity index (χ0n) is 17.9. The summed E-state index contributed by atoms with van der Waals surface area (Å²) in [7, 11) is 4.34. The van der Waals surface area contributed by atoms with E-state index in [1.54, 1.807) is 0 Å². The Morgan fingerprint density at radius 2 is 2.03 bits per heavy atom. The van der Waals surface area contributed by atoms with Crippen molar-refractivity contribution in [3.8, 4) is 5.75 Å². The fourth-order valence-electron chi connectivity index (χ4n) is 5.24. The maximum atomic E-state index is 12.2. The maximum Gasteiger partial charge on any atom is 0.412 e. The Balaban J connectivity index is 1.26. The molecule has 0 spiro atoms. The lowest BCUT2D eigenvalue weighted by Crippen LogP contribution is -2.45. The first-order valence-corrected chi connectivity index (χ1v) is 10.8. The fraction of sp³-hybridized carbons (Fsp3) is 0.682. The van der Waals surface area contributed by atoms with Gasteiger partial charge in [-0.05, 0) is 56.6 Å². The van der Waals surface area contributed by atoms with Crippen molar-refractivity contribution in [3.05, 3.63) is 23.8 Å². The van der Waals surface area contributed by atoms with Gasteiger partial charge in [-0.1, -0.05) is 6.92 Å². The minimum absolute atomic E-state index is 0.0776. The lowest BCUT2D eigenvalue weighted by atomic mass is 9.81. The minimum atomic E-state index is -0.368. The van der Waals surface area contributed by atoms with Crippen molar-refractivity contribution in [2.75, 3.05) is 64.9 Å². The Bertz CT molecular complexity index is 737. The molecule has 0 radical (unpaired) electrons. The van der Waals surface area contributed by atoms with Gasteiger partial charge in [-0.3, -0.25) is 9.80 Å². The first-order chi connectivity index (χ1) is 14.0. The van der Waals surface area contributed by atoms with Crippen LogP contribution in [0.4, 0.5) is 10.5 Å². The maximum absolute atomic E-state index is 12.2. The molecule has 7 nitrogen and oxygen atoms in total. The number of hydrogen-bond donors (Lipinski definition) is 1. The average Bonchev–Trinajstić information content (AvgIpc) is 3.14. The number of rotatable bonds is 6. The van der Waals surface area contributed by atoms with E-state index < -0.39 is 0 Å². The Labute approximate surface area is 173 Å².